The molecule has 3 aromatic heterocycles. The lowest BCUT2D eigenvalue weighted by molar-refractivity contribution is 0.0947. The molecule has 1 aromatic carbocycles. The summed E-state index contributed by atoms with van der Waals surface area (Å²) in [5, 5.41) is 3.82. The van der Waals surface area contributed by atoms with Gasteiger partial charge in [0.25, 0.3) is 5.91 Å². The Labute approximate surface area is 224 Å². The van der Waals surface area contributed by atoms with E-state index in [1.54, 1.807) is 17.6 Å². The Morgan fingerprint density at radius 3 is 2.75 bits per heavy atom. The number of fused-ring (bicyclic) bond motifs is 1. The van der Waals surface area contributed by atoms with Crippen LogP contribution in [-0.2, 0) is 19.4 Å². The number of carbonyl (C=O) groups excluding carboxylic acids is 1. The highest BCUT2D eigenvalue weighted by Gasteiger charge is 2.33. The molecule has 0 bridgehead atoms. The molecular weight excluding hydrogens is 534 g/mol. The van der Waals surface area contributed by atoms with Gasteiger partial charge in [-0.05, 0) is 84.7 Å². The van der Waals surface area contributed by atoms with Gasteiger partial charge >= 0.3 is 0 Å². The molecular formula is C29H30BrN3O2S. The van der Waals surface area contributed by atoms with Gasteiger partial charge in [-0.15, -0.1) is 11.3 Å². The minimum Gasteiger partial charge on any atom is -0.467 e. The van der Waals surface area contributed by atoms with Gasteiger partial charge in [0.2, 0.25) is 0 Å². The molecule has 0 saturated carbocycles. The number of nitrogens with zero attached hydrogens (tertiary/aromatic N) is 2. The number of carbonyl (C=O) groups is 1. The fraction of sp³-hybridized carbons (Fsp3) is 0.310. The van der Waals surface area contributed by atoms with Gasteiger partial charge in [0.15, 0.2) is 0 Å². The van der Waals surface area contributed by atoms with Crippen molar-refractivity contribution >= 4 is 44.4 Å². The molecule has 0 aliphatic heterocycles. The lowest BCUT2D eigenvalue weighted by Crippen LogP contribution is -2.28. The van der Waals surface area contributed by atoms with Crippen LogP contribution in [0.5, 0.6) is 0 Å². The number of hydrogen-bond donors (Lipinski definition) is 1. The van der Waals surface area contributed by atoms with Crippen molar-refractivity contribution in [2.45, 2.75) is 46.6 Å². The van der Waals surface area contributed by atoms with Gasteiger partial charge in [-0.25, -0.2) is 4.99 Å². The van der Waals surface area contributed by atoms with Crippen LogP contribution >= 0.6 is 27.3 Å². The molecule has 0 spiro atoms. The van der Waals surface area contributed by atoms with Crippen LogP contribution in [0.25, 0.3) is 5.69 Å². The first-order valence-electron chi connectivity index (χ1n) is 12.2. The van der Waals surface area contributed by atoms with Gasteiger partial charge in [-0.1, -0.05) is 36.7 Å². The summed E-state index contributed by atoms with van der Waals surface area (Å²) in [6.07, 6.45) is 8.49. The largest absolute Gasteiger partial charge is 0.467 e. The number of benzene rings is 1. The average molecular weight is 565 g/mol. The van der Waals surface area contributed by atoms with Crippen LogP contribution in [0.2, 0.25) is 0 Å². The number of hydrogen-bond acceptors (Lipinski definition) is 4. The summed E-state index contributed by atoms with van der Waals surface area (Å²) < 4.78 is 8.54. The lowest BCUT2D eigenvalue weighted by Gasteiger charge is -2.33. The Morgan fingerprint density at radius 1 is 1.22 bits per heavy atom. The second kappa shape index (κ2) is 10.2. The van der Waals surface area contributed by atoms with Crippen LogP contribution in [0, 0.1) is 11.3 Å². The zero-order chi connectivity index (χ0) is 25.3. The fourth-order valence-electron chi connectivity index (χ4n) is 4.77. The number of aliphatic imine (C=N–C) groups is 1. The van der Waals surface area contributed by atoms with Crippen molar-refractivity contribution in [1.29, 1.82) is 0 Å². The first-order valence-corrected chi connectivity index (χ1v) is 13.8. The zero-order valence-corrected chi connectivity index (χ0v) is 23.2. The highest BCUT2D eigenvalue weighted by molar-refractivity contribution is 9.10. The normalized spacial score (nSPS) is 15.8. The Kier molecular flexibility index (Phi) is 7.04. The monoisotopic (exact) mass is 563 g/mol. The summed E-state index contributed by atoms with van der Waals surface area (Å²) in [7, 11) is 0. The minimum absolute atomic E-state index is 0.0893. The molecule has 7 heteroatoms. The van der Waals surface area contributed by atoms with E-state index in [2.05, 4.69) is 58.7 Å². The van der Waals surface area contributed by atoms with Gasteiger partial charge < -0.3 is 14.3 Å². The fourth-order valence-corrected chi connectivity index (χ4v) is 6.30. The quantitative estimate of drug-likeness (QED) is 0.244. The maximum Gasteiger partial charge on any atom is 0.255 e. The van der Waals surface area contributed by atoms with E-state index in [0.29, 0.717) is 18.0 Å². The highest BCUT2D eigenvalue weighted by atomic mass is 79.9. The molecule has 1 N–H and O–H groups in total. The zero-order valence-electron chi connectivity index (χ0n) is 20.8. The van der Waals surface area contributed by atoms with E-state index >= 15 is 0 Å². The average Bonchev–Trinajstić information content (AvgIpc) is 3.60. The minimum atomic E-state index is -0.0893. The van der Waals surface area contributed by atoms with Crippen LogP contribution in [0.15, 0.2) is 74.9 Å². The molecule has 1 amide bonds. The second-order valence-electron chi connectivity index (χ2n) is 10.3. The van der Waals surface area contributed by atoms with E-state index in [9.17, 15) is 4.79 Å². The number of rotatable bonds is 6. The molecule has 1 atom stereocenters. The SMILES string of the molecule is CC(C)(C)[C@H]1CCc2c(sc(N=Cc3cccn3-c3ccc(Br)cc3)c2C(=O)NCc2ccco2)C1. The summed E-state index contributed by atoms with van der Waals surface area (Å²) >= 11 is 5.16. The lowest BCUT2D eigenvalue weighted by atomic mass is 9.72. The maximum absolute atomic E-state index is 13.4. The molecule has 36 heavy (non-hydrogen) atoms. The second-order valence-corrected chi connectivity index (χ2v) is 12.3. The molecule has 0 fully saturated rings. The smallest absolute Gasteiger partial charge is 0.255 e. The van der Waals surface area contributed by atoms with Gasteiger partial charge in [0.05, 0.1) is 30.3 Å². The number of nitrogens with one attached hydrogen (secondary N) is 1. The van der Waals surface area contributed by atoms with Crippen molar-refractivity contribution in [3.63, 3.8) is 0 Å². The molecule has 0 unspecified atom stereocenters. The summed E-state index contributed by atoms with van der Waals surface area (Å²) in [5.74, 6) is 1.24. The van der Waals surface area contributed by atoms with Crippen molar-refractivity contribution in [3.05, 3.63) is 92.9 Å². The van der Waals surface area contributed by atoms with Gasteiger partial charge in [0.1, 0.15) is 10.8 Å². The van der Waals surface area contributed by atoms with E-state index in [4.69, 9.17) is 9.41 Å². The maximum atomic E-state index is 13.4. The highest BCUT2D eigenvalue weighted by Crippen LogP contribution is 2.45. The van der Waals surface area contributed by atoms with Crippen LogP contribution in [0.1, 0.15) is 59.4 Å². The standard InChI is InChI=1S/C29H30BrN3O2S/c1-29(2,3)19-8-13-24-25(16-19)36-28(26(24)27(34)31-18-23-7-5-15-35-23)32-17-22-6-4-14-33(22)21-11-9-20(30)10-12-21/h4-7,9-12,14-15,17,19H,8,13,16,18H2,1-3H3,(H,31,34)/t19-/m0/s1. The van der Waals surface area contributed by atoms with Gasteiger partial charge in [0, 0.05) is 21.2 Å². The predicted molar refractivity (Wildman–Crippen MR) is 150 cm³/mol. The van der Waals surface area contributed by atoms with Crippen LogP contribution in [0.3, 0.4) is 0 Å². The third-order valence-electron chi connectivity index (χ3n) is 6.90. The first kappa shape index (κ1) is 24.8. The molecule has 0 radical (unpaired) electrons. The van der Waals surface area contributed by atoms with E-state index in [0.717, 1.165) is 51.4 Å². The number of aromatic nitrogens is 1. The Bertz CT molecular complexity index is 1380. The Hall–Kier alpha value is -2.90. The van der Waals surface area contributed by atoms with Crippen molar-refractivity contribution in [1.82, 2.24) is 9.88 Å². The summed E-state index contributed by atoms with van der Waals surface area (Å²) in [6.45, 7) is 7.28. The molecule has 3 heterocycles. The topological polar surface area (TPSA) is 59.5 Å². The molecule has 5 rings (SSSR count). The molecule has 1 aliphatic carbocycles. The Morgan fingerprint density at radius 2 is 2.03 bits per heavy atom. The van der Waals surface area contributed by atoms with Crippen LogP contribution < -0.4 is 5.32 Å². The van der Waals surface area contributed by atoms with Crippen LogP contribution in [0.4, 0.5) is 5.00 Å². The third kappa shape index (κ3) is 5.27. The van der Waals surface area contributed by atoms with Crippen molar-refractivity contribution in [2.75, 3.05) is 0 Å². The summed E-state index contributed by atoms with van der Waals surface area (Å²) in [6, 6.07) is 15.9. The van der Waals surface area contributed by atoms with Gasteiger partial charge in [-0.2, -0.15) is 0 Å². The molecule has 186 valence electrons. The first-order chi connectivity index (χ1) is 17.3. The summed E-state index contributed by atoms with van der Waals surface area (Å²) in [4.78, 5) is 19.6. The number of halogens is 1. The van der Waals surface area contributed by atoms with Crippen molar-refractivity contribution in [3.8, 4) is 5.69 Å². The third-order valence-corrected chi connectivity index (χ3v) is 8.59. The van der Waals surface area contributed by atoms with E-state index in [1.165, 1.54) is 4.88 Å². The number of furan rings is 1. The van der Waals surface area contributed by atoms with E-state index in [-0.39, 0.29) is 11.3 Å². The molecule has 4 aromatic rings. The van der Waals surface area contributed by atoms with E-state index < -0.39 is 0 Å². The Balaban J connectivity index is 1.47. The number of amides is 1. The molecule has 1 aliphatic rings. The van der Waals surface area contributed by atoms with Crippen molar-refractivity contribution < 1.29 is 9.21 Å². The summed E-state index contributed by atoms with van der Waals surface area (Å²) in [5.41, 5.74) is 4.12. The molecule has 0 saturated heterocycles. The number of thiophene rings is 1. The van der Waals surface area contributed by atoms with Crippen molar-refractivity contribution in [2.24, 2.45) is 16.3 Å². The van der Waals surface area contributed by atoms with Crippen LogP contribution in [-0.4, -0.2) is 16.7 Å². The van der Waals surface area contributed by atoms with Gasteiger partial charge in [-0.3, -0.25) is 4.79 Å². The molecule has 5 nitrogen and oxygen atoms in total. The predicted octanol–water partition coefficient (Wildman–Crippen LogP) is 7.73. The van der Waals surface area contributed by atoms with E-state index in [1.807, 2.05) is 48.8 Å².